The number of esters is 1. The van der Waals surface area contributed by atoms with Crippen LogP contribution in [0.2, 0.25) is 0 Å². The number of aromatic hydroxyl groups is 2. The number of benzene rings is 3. The molecule has 0 spiro atoms. The van der Waals surface area contributed by atoms with Crippen LogP contribution < -0.4 is 14.2 Å². The Bertz CT molecular complexity index is 1110. The number of aliphatic hydroxyl groups excluding tert-OH is 1. The van der Waals surface area contributed by atoms with Crippen LogP contribution >= 0.6 is 0 Å². The molecule has 1 aliphatic rings. The fraction of sp³-hybridized carbons (Fsp3) is 0.208. The molecule has 3 aromatic rings. The van der Waals surface area contributed by atoms with Crippen LogP contribution in [0.1, 0.15) is 27.6 Å². The lowest BCUT2D eigenvalue weighted by molar-refractivity contribution is -0.0143. The minimum absolute atomic E-state index is 0.0206. The fourth-order valence-corrected chi connectivity index (χ4v) is 3.43. The topological polar surface area (TPSA) is 115 Å². The molecule has 3 N–H and O–H groups in total. The van der Waals surface area contributed by atoms with E-state index in [9.17, 15) is 20.1 Å². The van der Waals surface area contributed by atoms with Crippen LogP contribution in [0.5, 0.6) is 28.7 Å². The summed E-state index contributed by atoms with van der Waals surface area (Å²) in [5, 5.41) is 30.3. The van der Waals surface area contributed by atoms with Gasteiger partial charge in [0.15, 0.2) is 35.2 Å². The normalized spacial score (nSPS) is 16.9. The Labute approximate surface area is 184 Å². The van der Waals surface area contributed by atoms with E-state index in [1.165, 1.54) is 25.3 Å². The third kappa shape index (κ3) is 4.26. The fourth-order valence-electron chi connectivity index (χ4n) is 3.43. The number of ether oxygens (including phenoxy) is 4. The van der Waals surface area contributed by atoms with Gasteiger partial charge in [-0.25, -0.2) is 4.79 Å². The van der Waals surface area contributed by atoms with Crippen molar-refractivity contribution in [3.63, 3.8) is 0 Å². The van der Waals surface area contributed by atoms with Gasteiger partial charge in [-0.05, 0) is 29.8 Å². The van der Waals surface area contributed by atoms with E-state index in [-0.39, 0.29) is 40.9 Å². The van der Waals surface area contributed by atoms with Crippen LogP contribution in [0.15, 0.2) is 60.7 Å². The number of carbonyl (C=O) groups is 1. The molecule has 0 bridgehead atoms. The van der Waals surface area contributed by atoms with E-state index < -0.39 is 24.8 Å². The zero-order valence-electron chi connectivity index (χ0n) is 17.2. The summed E-state index contributed by atoms with van der Waals surface area (Å²) in [7, 11) is 1.23. The van der Waals surface area contributed by atoms with Gasteiger partial charge in [0.05, 0.1) is 19.3 Å². The molecule has 0 saturated heterocycles. The molecule has 2 unspecified atom stereocenters. The number of rotatable bonds is 6. The number of aliphatic hydroxyl groups is 1. The average Bonchev–Trinajstić information content (AvgIpc) is 2.82. The third-order valence-electron chi connectivity index (χ3n) is 5.05. The molecule has 1 aliphatic heterocycles. The van der Waals surface area contributed by atoms with Crippen molar-refractivity contribution in [1.82, 2.24) is 0 Å². The lowest BCUT2D eigenvalue weighted by Crippen LogP contribution is -2.36. The maximum atomic E-state index is 11.9. The lowest BCUT2D eigenvalue weighted by Gasteiger charge is -2.34. The van der Waals surface area contributed by atoms with E-state index in [2.05, 4.69) is 0 Å². The van der Waals surface area contributed by atoms with Gasteiger partial charge in [-0.3, -0.25) is 0 Å². The molecule has 8 nitrogen and oxygen atoms in total. The van der Waals surface area contributed by atoms with Crippen molar-refractivity contribution in [2.75, 3.05) is 13.7 Å². The molecule has 3 aromatic carbocycles. The van der Waals surface area contributed by atoms with Gasteiger partial charge in [0.2, 0.25) is 5.75 Å². The van der Waals surface area contributed by atoms with Gasteiger partial charge >= 0.3 is 5.97 Å². The molecule has 2 atom stereocenters. The lowest BCUT2D eigenvalue weighted by atomic mass is 10.0. The molecule has 0 aliphatic carbocycles. The smallest absolute Gasteiger partial charge is 0.338 e. The minimum Gasteiger partial charge on any atom is -0.504 e. The second-order valence-electron chi connectivity index (χ2n) is 7.19. The number of fused-ring (bicyclic) bond motifs is 1. The van der Waals surface area contributed by atoms with Crippen LogP contribution in [0.25, 0.3) is 0 Å². The predicted octanol–water partition coefficient (Wildman–Crippen LogP) is 3.34. The van der Waals surface area contributed by atoms with Crippen LogP contribution in [0.4, 0.5) is 0 Å². The zero-order valence-corrected chi connectivity index (χ0v) is 17.2. The molecule has 0 saturated carbocycles. The van der Waals surface area contributed by atoms with E-state index in [4.69, 9.17) is 18.9 Å². The summed E-state index contributed by atoms with van der Waals surface area (Å²) in [6, 6.07) is 16.8. The van der Waals surface area contributed by atoms with E-state index in [0.717, 1.165) is 5.56 Å². The predicted molar refractivity (Wildman–Crippen MR) is 113 cm³/mol. The molecule has 0 radical (unpaired) electrons. The van der Waals surface area contributed by atoms with Crippen LogP contribution in [-0.4, -0.2) is 41.1 Å². The number of hydrogen-bond acceptors (Lipinski definition) is 8. The van der Waals surface area contributed by atoms with Gasteiger partial charge in [-0.2, -0.15) is 0 Å². The first kappa shape index (κ1) is 21.3. The molecule has 0 amide bonds. The summed E-state index contributed by atoms with van der Waals surface area (Å²) in [6.45, 7) is -0.147. The second-order valence-corrected chi connectivity index (χ2v) is 7.19. The molecule has 0 aromatic heterocycles. The maximum Gasteiger partial charge on any atom is 0.338 e. The zero-order chi connectivity index (χ0) is 22.7. The summed E-state index contributed by atoms with van der Waals surface area (Å²) < 4.78 is 22.2. The van der Waals surface area contributed by atoms with E-state index in [1.54, 1.807) is 12.1 Å². The number of phenolic OH excluding ortho intramolecular Hbond substituents is 2. The minimum atomic E-state index is -0.844. The average molecular weight is 438 g/mol. The van der Waals surface area contributed by atoms with Crippen molar-refractivity contribution >= 4 is 5.97 Å². The second kappa shape index (κ2) is 9.07. The largest absolute Gasteiger partial charge is 0.504 e. The number of carbonyl (C=O) groups excluding carboxylic acids is 1. The molecule has 32 heavy (non-hydrogen) atoms. The molecule has 4 rings (SSSR count). The highest BCUT2D eigenvalue weighted by Crippen LogP contribution is 2.46. The number of phenols is 2. The quantitative estimate of drug-likeness (QED) is 0.502. The summed E-state index contributed by atoms with van der Waals surface area (Å²) >= 11 is 0. The molecule has 166 valence electrons. The van der Waals surface area contributed by atoms with Crippen molar-refractivity contribution in [3.8, 4) is 28.7 Å². The maximum absolute atomic E-state index is 11.9. The van der Waals surface area contributed by atoms with Crippen molar-refractivity contribution in [2.24, 2.45) is 0 Å². The SMILES string of the molecule is COC(=O)c1cc(O)c2c(c1)OC(c1ccc(O)c(OCc3ccccc3)c1)C(CO)O2. The van der Waals surface area contributed by atoms with Gasteiger partial charge in [0.1, 0.15) is 6.61 Å². The monoisotopic (exact) mass is 438 g/mol. The first-order valence-corrected chi connectivity index (χ1v) is 9.89. The highest BCUT2D eigenvalue weighted by Gasteiger charge is 2.35. The van der Waals surface area contributed by atoms with Crippen molar-refractivity contribution in [3.05, 3.63) is 77.4 Å². The Morgan fingerprint density at radius 2 is 1.78 bits per heavy atom. The van der Waals surface area contributed by atoms with Crippen molar-refractivity contribution in [2.45, 2.75) is 18.8 Å². The number of hydrogen-bond donors (Lipinski definition) is 3. The van der Waals surface area contributed by atoms with E-state index in [0.29, 0.717) is 5.56 Å². The first-order chi connectivity index (χ1) is 15.5. The Hall–Kier alpha value is -3.91. The summed E-state index contributed by atoms with van der Waals surface area (Å²) in [5.41, 5.74) is 1.59. The standard InChI is InChI=1S/C24H22O8/c1-29-24(28)16-9-18(27)23-20(11-16)31-22(21(12-25)32-23)15-7-8-17(26)19(10-15)30-13-14-5-3-2-4-6-14/h2-11,21-22,25-27H,12-13H2,1H3. The Balaban J connectivity index is 1.63. The molecule has 8 heteroatoms. The Morgan fingerprint density at radius 3 is 2.50 bits per heavy atom. The first-order valence-electron chi connectivity index (χ1n) is 9.89. The van der Waals surface area contributed by atoms with E-state index in [1.807, 2.05) is 30.3 Å². The van der Waals surface area contributed by atoms with Gasteiger partial charge in [0, 0.05) is 5.56 Å². The molecule has 1 heterocycles. The summed E-state index contributed by atoms with van der Waals surface area (Å²) in [5.74, 6) is -0.616. The van der Waals surface area contributed by atoms with Crippen molar-refractivity contribution < 1.29 is 39.1 Å². The van der Waals surface area contributed by atoms with Crippen LogP contribution in [0, 0.1) is 0 Å². The number of methoxy groups -OCH3 is 1. The van der Waals surface area contributed by atoms with Crippen LogP contribution in [0.3, 0.4) is 0 Å². The third-order valence-corrected chi connectivity index (χ3v) is 5.05. The Morgan fingerprint density at radius 1 is 1.00 bits per heavy atom. The van der Waals surface area contributed by atoms with Crippen molar-refractivity contribution in [1.29, 1.82) is 0 Å². The Kier molecular flexibility index (Phi) is 6.04. The van der Waals surface area contributed by atoms with Gasteiger partial charge < -0.3 is 34.3 Å². The summed E-state index contributed by atoms with van der Waals surface area (Å²) in [4.78, 5) is 11.9. The molecular weight excluding hydrogens is 416 g/mol. The highest BCUT2D eigenvalue weighted by molar-refractivity contribution is 5.91. The molecular formula is C24H22O8. The highest BCUT2D eigenvalue weighted by atomic mass is 16.6. The molecule has 0 fully saturated rings. The van der Waals surface area contributed by atoms with E-state index >= 15 is 0 Å². The van der Waals surface area contributed by atoms with Gasteiger partial charge in [0.25, 0.3) is 0 Å². The summed E-state index contributed by atoms with van der Waals surface area (Å²) in [6.07, 6.45) is -1.64. The van der Waals surface area contributed by atoms with Gasteiger partial charge in [-0.1, -0.05) is 36.4 Å². The van der Waals surface area contributed by atoms with Gasteiger partial charge in [-0.15, -0.1) is 0 Å². The van der Waals surface area contributed by atoms with Crippen LogP contribution in [-0.2, 0) is 11.3 Å².